The maximum Gasteiger partial charge on any atom is 0.198 e. The maximum atomic E-state index is 6.99. The molecule has 3 nitrogen and oxygen atoms in total. The van der Waals surface area contributed by atoms with Crippen LogP contribution in [-0.4, -0.2) is 0 Å². The Hall–Kier alpha value is -2.78. The topological polar surface area (TPSA) is 17.9 Å². The van der Waals surface area contributed by atoms with Gasteiger partial charge in [-0.1, -0.05) is 24.3 Å². The molecule has 2 aromatic rings. The number of para-hydroxylation sites is 1. The van der Waals surface area contributed by atoms with Crippen LogP contribution in [0.25, 0.3) is 9.69 Å². The Morgan fingerprint density at radius 1 is 0.765 bits per heavy atom. The summed E-state index contributed by atoms with van der Waals surface area (Å²) in [5.74, 6) is 1.27. The minimum atomic E-state index is 0.313. The number of hydrogen-bond acceptors (Lipinski definition) is 1. The van der Waals surface area contributed by atoms with Gasteiger partial charge >= 0.3 is 0 Å². The van der Waals surface area contributed by atoms with Crippen LogP contribution in [0.1, 0.15) is 0 Å². The van der Waals surface area contributed by atoms with Crippen LogP contribution < -0.4 is 4.74 Å². The zero-order chi connectivity index (χ0) is 12.1. The highest BCUT2D eigenvalue weighted by atomic mass is 16.5. The molecule has 0 atom stereocenters. The molecule has 0 heterocycles. The summed E-state index contributed by atoms with van der Waals surface area (Å²) in [6, 6.07) is 14.2. The van der Waals surface area contributed by atoms with Crippen molar-refractivity contribution in [1.82, 2.24) is 0 Å². The second-order valence-corrected chi connectivity index (χ2v) is 3.29. The Labute approximate surface area is 99.5 Å². The van der Waals surface area contributed by atoms with Crippen LogP contribution in [0.5, 0.6) is 11.5 Å². The number of rotatable bonds is 2. The summed E-state index contributed by atoms with van der Waals surface area (Å²) in [7, 11) is 0. The van der Waals surface area contributed by atoms with Crippen molar-refractivity contribution < 1.29 is 4.74 Å². The zero-order valence-corrected chi connectivity index (χ0v) is 8.92. The summed E-state index contributed by atoms with van der Waals surface area (Å²) in [6.07, 6.45) is 0. The summed E-state index contributed by atoms with van der Waals surface area (Å²) >= 11 is 0. The molecule has 0 saturated heterocycles. The lowest BCUT2D eigenvalue weighted by Gasteiger charge is -2.06. The van der Waals surface area contributed by atoms with Crippen LogP contribution in [0.4, 0.5) is 11.4 Å². The minimum absolute atomic E-state index is 0.313. The van der Waals surface area contributed by atoms with Crippen molar-refractivity contribution >= 4 is 11.4 Å². The highest BCUT2D eigenvalue weighted by Crippen LogP contribution is 2.33. The van der Waals surface area contributed by atoms with Gasteiger partial charge in [-0.25, -0.2) is 4.85 Å². The molecule has 0 aromatic heterocycles. The van der Waals surface area contributed by atoms with Gasteiger partial charge in [0.2, 0.25) is 0 Å². The molecule has 0 aliphatic carbocycles. The van der Waals surface area contributed by atoms with Gasteiger partial charge in [0, 0.05) is 0 Å². The van der Waals surface area contributed by atoms with Gasteiger partial charge in [0.1, 0.15) is 11.5 Å². The SMILES string of the molecule is [C-]#[N+]c1ccc(Oc2ccccc2)cc1[N+]#[C-]. The maximum absolute atomic E-state index is 6.99. The monoisotopic (exact) mass is 220 g/mol. The molecular formula is C14H8N2O. The molecule has 0 saturated carbocycles. The van der Waals surface area contributed by atoms with Crippen LogP contribution in [0, 0.1) is 13.1 Å². The van der Waals surface area contributed by atoms with Crippen LogP contribution in [0.2, 0.25) is 0 Å². The van der Waals surface area contributed by atoms with E-state index in [0.717, 1.165) is 0 Å². The smallest absolute Gasteiger partial charge is 0.198 e. The number of ether oxygens (including phenoxy) is 1. The molecule has 3 heteroatoms. The molecule has 2 aromatic carbocycles. The first-order chi connectivity index (χ1) is 8.33. The Kier molecular flexibility index (Phi) is 3.05. The molecule has 0 fully saturated rings. The van der Waals surface area contributed by atoms with E-state index in [1.54, 1.807) is 18.2 Å². The molecular weight excluding hydrogens is 212 g/mol. The van der Waals surface area contributed by atoms with E-state index in [1.165, 1.54) is 0 Å². The highest BCUT2D eigenvalue weighted by Gasteiger charge is 2.04. The van der Waals surface area contributed by atoms with Crippen molar-refractivity contribution in [1.29, 1.82) is 0 Å². The van der Waals surface area contributed by atoms with Gasteiger partial charge in [-0.3, -0.25) is 4.85 Å². The van der Waals surface area contributed by atoms with Crippen LogP contribution in [0.15, 0.2) is 48.5 Å². The van der Waals surface area contributed by atoms with Gasteiger partial charge < -0.3 is 4.74 Å². The molecule has 0 aliphatic rings. The van der Waals surface area contributed by atoms with Gasteiger partial charge in [-0.15, -0.1) is 0 Å². The van der Waals surface area contributed by atoms with E-state index < -0.39 is 0 Å². The molecule has 0 aliphatic heterocycles. The fourth-order valence-corrected chi connectivity index (χ4v) is 1.38. The van der Waals surface area contributed by atoms with Crippen molar-refractivity contribution in [2.45, 2.75) is 0 Å². The third-order valence-corrected chi connectivity index (χ3v) is 2.17. The zero-order valence-electron chi connectivity index (χ0n) is 8.92. The molecule has 0 N–H and O–H groups in total. The molecule has 80 valence electrons. The van der Waals surface area contributed by atoms with Gasteiger partial charge in [-0.2, -0.15) is 0 Å². The third kappa shape index (κ3) is 2.42. The first-order valence-electron chi connectivity index (χ1n) is 4.95. The summed E-state index contributed by atoms with van der Waals surface area (Å²) in [5.41, 5.74) is 0.661. The van der Waals surface area contributed by atoms with Crippen molar-refractivity contribution in [3.05, 3.63) is 71.4 Å². The second-order valence-electron chi connectivity index (χ2n) is 3.29. The highest BCUT2D eigenvalue weighted by molar-refractivity contribution is 5.72. The average molecular weight is 220 g/mol. The Morgan fingerprint density at radius 3 is 2.12 bits per heavy atom. The average Bonchev–Trinajstić information content (AvgIpc) is 2.40. The number of nitrogens with zero attached hydrogens (tertiary/aromatic N) is 2. The van der Waals surface area contributed by atoms with E-state index in [9.17, 15) is 0 Å². The van der Waals surface area contributed by atoms with E-state index in [1.807, 2.05) is 30.3 Å². The predicted molar refractivity (Wildman–Crippen MR) is 65.5 cm³/mol. The van der Waals surface area contributed by atoms with E-state index in [2.05, 4.69) is 9.69 Å². The summed E-state index contributed by atoms with van der Waals surface area (Å²) in [6.45, 7) is 13.9. The summed E-state index contributed by atoms with van der Waals surface area (Å²) < 4.78 is 5.57. The van der Waals surface area contributed by atoms with Crippen molar-refractivity contribution in [2.24, 2.45) is 0 Å². The Bertz CT molecular complexity index is 606. The van der Waals surface area contributed by atoms with E-state index in [0.29, 0.717) is 22.9 Å². The summed E-state index contributed by atoms with van der Waals surface area (Å²) in [4.78, 5) is 6.57. The van der Waals surface area contributed by atoms with E-state index >= 15 is 0 Å². The second kappa shape index (κ2) is 4.83. The fraction of sp³-hybridized carbons (Fsp3) is 0. The van der Waals surface area contributed by atoms with E-state index in [4.69, 9.17) is 17.9 Å². The minimum Gasteiger partial charge on any atom is -0.459 e. The lowest BCUT2D eigenvalue weighted by Crippen LogP contribution is -1.82. The first kappa shape index (κ1) is 10.7. The molecule has 0 unspecified atom stereocenters. The van der Waals surface area contributed by atoms with Crippen molar-refractivity contribution in [2.75, 3.05) is 0 Å². The molecule has 0 amide bonds. The number of hydrogen-bond donors (Lipinski definition) is 0. The van der Waals surface area contributed by atoms with Gasteiger partial charge in [-0.05, 0) is 24.3 Å². The van der Waals surface area contributed by atoms with Crippen LogP contribution in [0.3, 0.4) is 0 Å². The number of benzene rings is 2. The molecule has 0 bridgehead atoms. The summed E-state index contributed by atoms with van der Waals surface area (Å²) in [5, 5.41) is 0. The van der Waals surface area contributed by atoms with Crippen LogP contribution in [-0.2, 0) is 0 Å². The Morgan fingerprint density at radius 2 is 1.47 bits per heavy atom. The van der Waals surface area contributed by atoms with Crippen LogP contribution >= 0.6 is 0 Å². The fourth-order valence-electron chi connectivity index (χ4n) is 1.38. The van der Waals surface area contributed by atoms with Gasteiger partial charge in [0.05, 0.1) is 13.1 Å². The largest absolute Gasteiger partial charge is 0.459 e. The lowest BCUT2D eigenvalue weighted by atomic mass is 10.2. The first-order valence-corrected chi connectivity index (χ1v) is 4.95. The van der Waals surface area contributed by atoms with Crippen molar-refractivity contribution in [3.8, 4) is 11.5 Å². The predicted octanol–water partition coefficient (Wildman–Crippen LogP) is 4.58. The molecule has 0 radical (unpaired) electrons. The molecule has 17 heavy (non-hydrogen) atoms. The quantitative estimate of drug-likeness (QED) is 0.677. The molecule has 0 spiro atoms. The van der Waals surface area contributed by atoms with E-state index in [-0.39, 0.29) is 0 Å². The molecule has 2 rings (SSSR count). The standard InChI is InChI=1S/C14H8N2O/c1-15-13-9-8-12(10-14(13)16-2)17-11-6-4-3-5-7-11/h3-10H. The lowest BCUT2D eigenvalue weighted by molar-refractivity contribution is 0.483. The Balaban J connectivity index is 2.30. The van der Waals surface area contributed by atoms with Gasteiger partial charge in [0.25, 0.3) is 0 Å². The van der Waals surface area contributed by atoms with Crippen molar-refractivity contribution in [3.63, 3.8) is 0 Å². The normalized spacial score (nSPS) is 9.06. The van der Waals surface area contributed by atoms with Gasteiger partial charge in [0.15, 0.2) is 11.4 Å². The third-order valence-electron chi connectivity index (χ3n) is 2.17.